The van der Waals surface area contributed by atoms with Gasteiger partial charge in [-0.25, -0.2) is 4.99 Å². The van der Waals surface area contributed by atoms with Crippen LogP contribution in [0.4, 0.5) is 0 Å². The van der Waals surface area contributed by atoms with Crippen molar-refractivity contribution in [2.24, 2.45) is 16.6 Å². The number of amides is 2. The van der Waals surface area contributed by atoms with Gasteiger partial charge in [-0.2, -0.15) is 0 Å². The second kappa shape index (κ2) is 12.7. The summed E-state index contributed by atoms with van der Waals surface area (Å²) in [6, 6.07) is 4.65. The van der Waals surface area contributed by atoms with Crippen LogP contribution in [0.15, 0.2) is 23.2 Å². The molecule has 0 aromatic heterocycles. The van der Waals surface area contributed by atoms with E-state index in [1.165, 1.54) is 7.11 Å². The van der Waals surface area contributed by atoms with Crippen LogP contribution in [0.3, 0.4) is 0 Å². The van der Waals surface area contributed by atoms with Crippen LogP contribution in [0.2, 0.25) is 0 Å². The molecule has 1 unspecified atom stereocenters. The minimum atomic E-state index is -0.643. The van der Waals surface area contributed by atoms with Crippen LogP contribution in [0.1, 0.15) is 52.5 Å². The van der Waals surface area contributed by atoms with Crippen LogP contribution in [0.25, 0.3) is 0 Å². The van der Waals surface area contributed by atoms with Gasteiger partial charge in [0.2, 0.25) is 11.8 Å². The Hall–Kier alpha value is -2.77. The summed E-state index contributed by atoms with van der Waals surface area (Å²) >= 11 is 0. The molecule has 4 N–H and O–H groups in total. The average molecular weight is 421 g/mol. The number of ether oxygens (including phenoxy) is 2. The molecule has 8 nitrogen and oxygen atoms in total. The highest BCUT2D eigenvalue weighted by molar-refractivity contribution is 5.98. The van der Waals surface area contributed by atoms with E-state index in [-0.39, 0.29) is 30.2 Å². The third kappa shape index (κ3) is 8.31. The second-order valence-corrected chi connectivity index (χ2v) is 7.51. The number of guanidine groups is 1. The largest absolute Gasteiger partial charge is 0.493 e. The summed E-state index contributed by atoms with van der Waals surface area (Å²) in [7, 11) is 3.09. The molecule has 0 saturated carbocycles. The summed E-state index contributed by atoms with van der Waals surface area (Å²) in [4.78, 5) is 29.3. The zero-order valence-corrected chi connectivity index (χ0v) is 19.0. The number of methoxy groups -OCH3 is 2. The number of nitrogens with one attached hydrogen (secondary N) is 2. The van der Waals surface area contributed by atoms with Gasteiger partial charge >= 0.3 is 0 Å². The number of hydrogen-bond acceptors (Lipinski definition) is 5. The van der Waals surface area contributed by atoms with Gasteiger partial charge in [0.05, 0.1) is 20.6 Å². The van der Waals surface area contributed by atoms with Crippen molar-refractivity contribution in [3.8, 4) is 11.5 Å². The Morgan fingerprint density at radius 2 is 1.77 bits per heavy atom. The lowest BCUT2D eigenvalue weighted by Crippen LogP contribution is -2.43. The van der Waals surface area contributed by atoms with E-state index in [2.05, 4.69) is 29.5 Å². The number of carbonyl (C=O) groups excluding carboxylic acids is 2. The Labute approximate surface area is 179 Å². The summed E-state index contributed by atoms with van der Waals surface area (Å²) in [5, 5.41) is 5.52. The first-order valence-corrected chi connectivity index (χ1v) is 10.4. The molecular weight excluding hydrogens is 384 g/mol. The van der Waals surface area contributed by atoms with Crippen molar-refractivity contribution in [3.63, 3.8) is 0 Å². The molecule has 0 aliphatic rings. The molecule has 1 aromatic rings. The highest BCUT2D eigenvalue weighted by atomic mass is 16.5. The molecule has 1 aromatic carbocycles. The normalized spacial score (nSPS) is 14.4. The van der Waals surface area contributed by atoms with E-state index in [1.54, 1.807) is 25.3 Å². The lowest BCUT2D eigenvalue weighted by Gasteiger charge is -2.20. The summed E-state index contributed by atoms with van der Waals surface area (Å²) < 4.78 is 10.5. The smallest absolute Gasteiger partial charge is 0.245 e. The molecule has 0 aliphatic heterocycles. The van der Waals surface area contributed by atoms with Crippen LogP contribution in [-0.4, -0.2) is 44.1 Å². The van der Waals surface area contributed by atoms with Crippen molar-refractivity contribution in [2.75, 3.05) is 14.2 Å². The maximum absolute atomic E-state index is 12.6. The fraction of sp³-hybridized carbons (Fsp3) is 0.591. The third-order valence-corrected chi connectivity index (χ3v) is 5.00. The number of nitrogens with zero attached hydrogens (tertiary/aromatic N) is 1. The number of nitrogens with two attached hydrogens (primary N) is 1. The van der Waals surface area contributed by atoms with Crippen LogP contribution in [-0.2, 0) is 16.0 Å². The number of carbonyl (C=O) groups is 2. The standard InChI is InChI=1S/C22H36N4O4/c1-7-14(3)11-17(21(28)24-15(4)8-2)25-22(23)26-20(27)13-16-9-10-18(29-5)19(12-16)30-6/h9-10,12,14-15,17H,7-8,11,13H2,1-6H3,(H,24,28)(H3,23,25,26,27)/t14?,15-,17+/m0/s1. The van der Waals surface area contributed by atoms with E-state index in [1.807, 2.05) is 13.8 Å². The molecule has 0 bridgehead atoms. The third-order valence-electron chi connectivity index (χ3n) is 5.00. The van der Waals surface area contributed by atoms with E-state index in [0.717, 1.165) is 18.4 Å². The maximum Gasteiger partial charge on any atom is 0.245 e. The Balaban J connectivity index is 2.84. The molecule has 3 atom stereocenters. The zero-order valence-electron chi connectivity index (χ0n) is 19.0. The van der Waals surface area contributed by atoms with Crippen molar-refractivity contribution in [2.45, 2.75) is 65.5 Å². The molecule has 0 spiro atoms. The first-order chi connectivity index (χ1) is 14.2. The molecule has 0 radical (unpaired) electrons. The molecule has 168 valence electrons. The van der Waals surface area contributed by atoms with Crippen molar-refractivity contribution in [3.05, 3.63) is 23.8 Å². The van der Waals surface area contributed by atoms with E-state index in [9.17, 15) is 9.59 Å². The molecule has 2 amide bonds. The highest BCUT2D eigenvalue weighted by Gasteiger charge is 2.22. The van der Waals surface area contributed by atoms with Gasteiger partial charge in [0.15, 0.2) is 17.5 Å². The molecule has 0 heterocycles. The Kier molecular flexibility index (Phi) is 10.7. The zero-order chi connectivity index (χ0) is 22.7. The predicted octanol–water partition coefficient (Wildman–Crippen LogP) is 2.40. The van der Waals surface area contributed by atoms with Crippen molar-refractivity contribution >= 4 is 17.8 Å². The van der Waals surface area contributed by atoms with E-state index >= 15 is 0 Å². The van der Waals surface area contributed by atoms with Gasteiger partial charge in [-0.1, -0.05) is 33.3 Å². The maximum atomic E-state index is 12.6. The minimum absolute atomic E-state index is 0.0491. The fourth-order valence-electron chi connectivity index (χ4n) is 2.77. The van der Waals surface area contributed by atoms with Gasteiger partial charge in [-0.15, -0.1) is 0 Å². The first-order valence-electron chi connectivity index (χ1n) is 10.4. The Bertz CT molecular complexity index is 736. The molecule has 0 aliphatic carbocycles. The van der Waals surface area contributed by atoms with E-state index in [0.29, 0.717) is 23.8 Å². The minimum Gasteiger partial charge on any atom is -0.493 e. The van der Waals surface area contributed by atoms with Gasteiger partial charge in [0.1, 0.15) is 6.04 Å². The lowest BCUT2D eigenvalue weighted by molar-refractivity contribution is -0.123. The van der Waals surface area contributed by atoms with E-state index in [4.69, 9.17) is 15.2 Å². The number of hydrogen-bond donors (Lipinski definition) is 3. The Morgan fingerprint density at radius 1 is 1.10 bits per heavy atom. The highest BCUT2D eigenvalue weighted by Crippen LogP contribution is 2.27. The molecule has 0 fully saturated rings. The van der Waals surface area contributed by atoms with Gasteiger partial charge < -0.3 is 20.5 Å². The van der Waals surface area contributed by atoms with Gasteiger partial charge in [0, 0.05) is 6.04 Å². The lowest BCUT2D eigenvalue weighted by atomic mass is 9.99. The van der Waals surface area contributed by atoms with Crippen molar-refractivity contribution in [1.82, 2.24) is 10.6 Å². The summed E-state index contributed by atoms with van der Waals surface area (Å²) in [5.74, 6) is 0.863. The summed E-state index contributed by atoms with van der Waals surface area (Å²) in [6.45, 7) is 8.06. The molecule has 0 saturated heterocycles. The predicted molar refractivity (Wildman–Crippen MR) is 119 cm³/mol. The van der Waals surface area contributed by atoms with Crippen LogP contribution in [0, 0.1) is 5.92 Å². The molecule has 1 rings (SSSR count). The number of aliphatic imine (C=N–C) groups is 1. The van der Waals surface area contributed by atoms with Crippen LogP contribution in [0.5, 0.6) is 11.5 Å². The van der Waals surface area contributed by atoms with Crippen molar-refractivity contribution < 1.29 is 19.1 Å². The van der Waals surface area contributed by atoms with Crippen LogP contribution < -0.4 is 25.8 Å². The first kappa shape index (κ1) is 25.3. The average Bonchev–Trinajstić information content (AvgIpc) is 2.72. The second-order valence-electron chi connectivity index (χ2n) is 7.51. The van der Waals surface area contributed by atoms with E-state index < -0.39 is 6.04 Å². The van der Waals surface area contributed by atoms with Gasteiger partial charge in [-0.05, 0) is 43.4 Å². The molecule has 30 heavy (non-hydrogen) atoms. The number of benzene rings is 1. The SMILES string of the molecule is CCC(C)C[C@@H](N=C(N)NC(=O)Cc1ccc(OC)c(OC)c1)C(=O)N[C@@H](C)CC. The molecule has 8 heteroatoms. The fourth-order valence-corrected chi connectivity index (χ4v) is 2.77. The quantitative estimate of drug-likeness (QED) is 0.376. The van der Waals surface area contributed by atoms with Crippen LogP contribution >= 0.6 is 0 Å². The Morgan fingerprint density at radius 3 is 2.33 bits per heavy atom. The molecular formula is C22H36N4O4. The number of rotatable bonds is 11. The van der Waals surface area contributed by atoms with Gasteiger partial charge in [-0.3, -0.25) is 14.9 Å². The van der Waals surface area contributed by atoms with Gasteiger partial charge in [0.25, 0.3) is 0 Å². The summed E-state index contributed by atoms with van der Waals surface area (Å²) in [5.41, 5.74) is 6.68. The van der Waals surface area contributed by atoms with Crippen molar-refractivity contribution in [1.29, 1.82) is 0 Å². The summed E-state index contributed by atoms with van der Waals surface area (Å²) in [6.07, 6.45) is 2.40. The monoisotopic (exact) mass is 420 g/mol. The topological polar surface area (TPSA) is 115 Å².